The van der Waals surface area contributed by atoms with Crippen molar-refractivity contribution in [3.8, 4) is 0 Å². The van der Waals surface area contributed by atoms with E-state index >= 15 is 0 Å². The Balaban J connectivity index is 0. The summed E-state index contributed by atoms with van der Waals surface area (Å²) < 4.78 is 0. The van der Waals surface area contributed by atoms with E-state index in [1.165, 1.54) is 4.91 Å². The van der Waals surface area contributed by atoms with Crippen LogP contribution in [0, 0.1) is 17.4 Å². The summed E-state index contributed by atoms with van der Waals surface area (Å²) in [5.41, 5.74) is 25.8. The molecule has 0 aromatic carbocycles. The smallest absolute Gasteiger partial charge is 0.306 e. The molecule has 1 aliphatic carbocycles. The number of carboxylic acid groups (broad SMARTS) is 2. The molecule has 1 fully saturated rings. The Bertz CT molecular complexity index is 303. The van der Waals surface area contributed by atoms with Gasteiger partial charge in [0.1, 0.15) is 0 Å². The van der Waals surface area contributed by atoms with E-state index in [0.29, 0.717) is 25.7 Å². The fourth-order valence-corrected chi connectivity index (χ4v) is 1.59. The van der Waals surface area contributed by atoms with Gasteiger partial charge in [0, 0.05) is 0 Å². The maximum Gasteiger partial charge on any atom is 0.306 e. The molecule has 0 bridgehead atoms. The average Bonchev–Trinajstić information content (AvgIpc) is 2.31. The Kier molecular flexibility index (Phi) is 11.0. The van der Waals surface area contributed by atoms with E-state index in [2.05, 4.69) is 0 Å². The standard InChI is InChI=1S/C8H12O4.HN3.N3/c9-7(10)5-1-2-6(4-3-5)8(11)12;2*1-3-2/h5-6H,1-4H2,(H,9,10)(H,11,12);1H;/q;;-1. The summed E-state index contributed by atoms with van der Waals surface area (Å²) in [5.74, 6) is -2.22. The number of hydrogen-bond acceptors (Lipinski definition) is 3. The third-order valence-electron chi connectivity index (χ3n) is 2.43. The Morgan fingerprint density at radius 2 is 1.11 bits per heavy atom. The highest BCUT2D eigenvalue weighted by molar-refractivity contribution is 5.72. The summed E-state index contributed by atoms with van der Waals surface area (Å²) >= 11 is 0. The highest BCUT2D eigenvalue weighted by Gasteiger charge is 2.29. The van der Waals surface area contributed by atoms with Gasteiger partial charge in [-0.15, -0.1) is 5.53 Å². The first kappa shape index (κ1) is 17.9. The molecule has 18 heavy (non-hydrogen) atoms. The van der Waals surface area contributed by atoms with Gasteiger partial charge in [0.15, 0.2) is 0 Å². The molecule has 100 valence electrons. The van der Waals surface area contributed by atoms with E-state index in [-0.39, 0.29) is 11.8 Å². The highest BCUT2D eigenvalue weighted by atomic mass is 16.4. The van der Waals surface area contributed by atoms with Gasteiger partial charge >= 0.3 is 11.9 Å². The zero-order valence-electron chi connectivity index (χ0n) is 9.43. The van der Waals surface area contributed by atoms with Crippen molar-refractivity contribution in [1.29, 1.82) is 5.53 Å². The summed E-state index contributed by atoms with van der Waals surface area (Å²) in [6.07, 6.45) is 2.03. The second kappa shape index (κ2) is 11.1. The van der Waals surface area contributed by atoms with Gasteiger partial charge in [0.05, 0.1) is 11.8 Å². The lowest BCUT2D eigenvalue weighted by Crippen LogP contribution is -2.25. The van der Waals surface area contributed by atoms with E-state index in [4.69, 9.17) is 32.3 Å². The molecule has 0 aromatic rings. The zero-order valence-corrected chi connectivity index (χ0v) is 9.43. The van der Waals surface area contributed by atoms with E-state index in [1.807, 2.05) is 0 Å². The van der Waals surface area contributed by atoms with Crippen LogP contribution < -0.4 is 0 Å². The molecule has 1 aliphatic rings. The molecule has 0 aliphatic heterocycles. The number of carboxylic acids is 2. The van der Waals surface area contributed by atoms with Crippen LogP contribution in [0.1, 0.15) is 25.7 Å². The quantitative estimate of drug-likeness (QED) is 0.388. The number of nitrogens with one attached hydrogen (secondary N) is 1. The lowest BCUT2D eigenvalue weighted by Gasteiger charge is -2.22. The molecule has 0 radical (unpaired) electrons. The summed E-state index contributed by atoms with van der Waals surface area (Å²) in [6, 6.07) is 0. The topological polar surface area (TPSA) is 194 Å². The zero-order chi connectivity index (χ0) is 14.6. The second-order valence-corrected chi connectivity index (χ2v) is 3.41. The monoisotopic (exact) mass is 257 g/mol. The minimum Gasteiger partial charge on any atom is -0.481 e. The van der Waals surface area contributed by atoms with Crippen LogP contribution in [0.15, 0.2) is 0 Å². The number of nitrogens with zero attached hydrogens (tertiary/aromatic N) is 5. The summed E-state index contributed by atoms with van der Waals surface area (Å²) in [4.78, 5) is 24.2. The van der Waals surface area contributed by atoms with Crippen LogP contribution in [-0.4, -0.2) is 22.2 Å². The molecule has 1 saturated carbocycles. The molecular formula is C8H13N6O4-. The van der Waals surface area contributed by atoms with Crippen molar-refractivity contribution in [3.63, 3.8) is 0 Å². The largest absolute Gasteiger partial charge is 0.481 e. The van der Waals surface area contributed by atoms with Gasteiger partial charge in [0.25, 0.3) is 0 Å². The number of carbonyl (C=O) groups is 2. The van der Waals surface area contributed by atoms with Crippen LogP contribution in [0.3, 0.4) is 0 Å². The molecule has 0 aromatic heterocycles. The summed E-state index contributed by atoms with van der Waals surface area (Å²) in [5, 5.41) is 17.2. The second-order valence-electron chi connectivity index (χ2n) is 3.41. The van der Waals surface area contributed by atoms with Crippen LogP contribution in [0.2, 0.25) is 0 Å². The van der Waals surface area contributed by atoms with Gasteiger partial charge in [0.2, 0.25) is 0 Å². The van der Waals surface area contributed by atoms with Gasteiger partial charge < -0.3 is 21.3 Å². The van der Waals surface area contributed by atoms with Crippen LogP contribution in [0.4, 0.5) is 0 Å². The normalized spacial score (nSPS) is 20.7. The Hall–Kier alpha value is -2.44. The van der Waals surface area contributed by atoms with Gasteiger partial charge in [-0.25, -0.2) is 0 Å². The summed E-state index contributed by atoms with van der Waals surface area (Å²) in [7, 11) is 0. The molecule has 10 nitrogen and oxygen atoms in total. The predicted octanol–water partition coefficient (Wildman–Crippen LogP) is 2.70. The molecule has 0 saturated heterocycles. The minimum atomic E-state index is -0.793. The van der Waals surface area contributed by atoms with Crippen molar-refractivity contribution in [2.75, 3.05) is 0 Å². The van der Waals surface area contributed by atoms with Crippen molar-refractivity contribution in [2.45, 2.75) is 25.7 Å². The van der Waals surface area contributed by atoms with Crippen LogP contribution in [-0.2, 0) is 9.59 Å². The molecule has 0 heterocycles. The first-order chi connectivity index (χ1) is 8.44. The SMILES string of the molecule is O=C(O)C1CCC(C(=O)O)CC1.[N-]=[N+]=N.[N-]=[N+]=[N-]. The maximum atomic E-state index is 10.5. The van der Waals surface area contributed by atoms with Crippen LogP contribution in [0.5, 0.6) is 0 Å². The summed E-state index contributed by atoms with van der Waals surface area (Å²) in [6.45, 7) is 0. The van der Waals surface area contributed by atoms with Crippen molar-refractivity contribution in [1.82, 2.24) is 0 Å². The fraction of sp³-hybridized carbons (Fsp3) is 0.750. The molecular weight excluding hydrogens is 244 g/mol. The van der Waals surface area contributed by atoms with Crippen LogP contribution >= 0.6 is 0 Å². The molecule has 0 atom stereocenters. The molecule has 10 heteroatoms. The number of rotatable bonds is 2. The van der Waals surface area contributed by atoms with E-state index < -0.39 is 11.9 Å². The highest BCUT2D eigenvalue weighted by Crippen LogP contribution is 2.28. The predicted molar refractivity (Wildman–Crippen MR) is 60.2 cm³/mol. The Morgan fingerprint density at radius 3 is 1.22 bits per heavy atom. The molecule has 1 rings (SSSR count). The third kappa shape index (κ3) is 8.84. The van der Waals surface area contributed by atoms with Crippen molar-refractivity contribution in [2.24, 2.45) is 11.8 Å². The van der Waals surface area contributed by atoms with E-state index in [1.54, 1.807) is 4.91 Å². The number of hydrogen-bond donors (Lipinski definition) is 3. The van der Waals surface area contributed by atoms with Gasteiger partial charge in [-0.2, -0.15) is 0 Å². The first-order valence-electron chi connectivity index (χ1n) is 4.89. The minimum absolute atomic E-state index is 0.319. The van der Waals surface area contributed by atoms with E-state index in [9.17, 15) is 9.59 Å². The van der Waals surface area contributed by atoms with E-state index in [0.717, 1.165) is 0 Å². The van der Waals surface area contributed by atoms with Crippen LogP contribution in [0.25, 0.3) is 26.4 Å². The molecule has 0 amide bonds. The van der Waals surface area contributed by atoms with Gasteiger partial charge in [-0.3, -0.25) is 14.5 Å². The maximum absolute atomic E-state index is 10.5. The third-order valence-corrected chi connectivity index (χ3v) is 2.43. The van der Waals surface area contributed by atoms with Gasteiger partial charge in [-0.05, 0) is 36.1 Å². The molecule has 0 spiro atoms. The fourth-order valence-electron chi connectivity index (χ4n) is 1.59. The first-order valence-corrected chi connectivity index (χ1v) is 4.89. The molecule has 3 N–H and O–H groups in total. The number of aliphatic carboxylic acids is 2. The average molecular weight is 257 g/mol. The lowest BCUT2D eigenvalue weighted by molar-refractivity contribution is -0.148. The Morgan fingerprint density at radius 1 is 0.944 bits per heavy atom. The van der Waals surface area contributed by atoms with Crippen molar-refractivity contribution in [3.05, 3.63) is 26.4 Å². The van der Waals surface area contributed by atoms with Crippen molar-refractivity contribution >= 4 is 11.9 Å². The lowest BCUT2D eigenvalue weighted by atomic mass is 9.82. The van der Waals surface area contributed by atoms with Crippen molar-refractivity contribution < 1.29 is 19.8 Å². The molecule has 0 unspecified atom stereocenters. The van der Waals surface area contributed by atoms with Gasteiger partial charge in [-0.1, -0.05) is 0 Å². The Labute approximate surface area is 102 Å².